The minimum atomic E-state index is -1.05. The Morgan fingerprint density at radius 1 is 1.67 bits per heavy atom. The van der Waals surface area contributed by atoms with E-state index in [0.29, 0.717) is 17.6 Å². The SMILES string of the molecule is CCC1CN(C(=NC)NCC(C)(O)c2ccco2)CCS1. The first-order chi connectivity index (χ1) is 10.1. The summed E-state index contributed by atoms with van der Waals surface area (Å²) in [7, 11) is 1.78. The fraction of sp³-hybridized carbons (Fsp3) is 0.667. The second kappa shape index (κ2) is 7.22. The first-order valence-corrected chi connectivity index (χ1v) is 8.45. The van der Waals surface area contributed by atoms with E-state index in [1.54, 1.807) is 32.4 Å². The molecule has 0 aromatic carbocycles. The largest absolute Gasteiger partial charge is 0.466 e. The molecule has 1 aromatic rings. The summed E-state index contributed by atoms with van der Waals surface area (Å²) >= 11 is 2.03. The summed E-state index contributed by atoms with van der Waals surface area (Å²) in [4.78, 5) is 6.61. The summed E-state index contributed by atoms with van der Waals surface area (Å²) in [5.41, 5.74) is -1.05. The molecular weight excluding hydrogens is 286 g/mol. The zero-order valence-corrected chi connectivity index (χ0v) is 13.8. The van der Waals surface area contributed by atoms with Crippen LogP contribution < -0.4 is 5.32 Å². The van der Waals surface area contributed by atoms with Crippen molar-refractivity contribution >= 4 is 17.7 Å². The number of furan rings is 1. The van der Waals surface area contributed by atoms with E-state index in [1.807, 2.05) is 11.8 Å². The molecule has 5 nitrogen and oxygen atoms in total. The first kappa shape index (κ1) is 16.2. The Bertz CT molecular complexity index is 459. The van der Waals surface area contributed by atoms with Gasteiger partial charge in [0.25, 0.3) is 0 Å². The maximum Gasteiger partial charge on any atom is 0.193 e. The fourth-order valence-corrected chi connectivity index (χ4v) is 3.59. The van der Waals surface area contributed by atoms with Crippen LogP contribution in [-0.4, -0.2) is 53.7 Å². The third-order valence-corrected chi connectivity index (χ3v) is 5.12. The lowest BCUT2D eigenvalue weighted by molar-refractivity contribution is 0.0380. The van der Waals surface area contributed by atoms with Crippen molar-refractivity contribution in [2.24, 2.45) is 4.99 Å². The molecule has 0 bridgehead atoms. The Balaban J connectivity index is 1.94. The molecule has 1 fully saturated rings. The summed E-state index contributed by atoms with van der Waals surface area (Å²) < 4.78 is 5.30. The van der Waals surface area contributed by atoms with Crippen molar-refractivity contribution in [3.05, 3.63) is 24.2 Å². The van der Waals surface area contributed by atoms with Gasteiger partial charge in [-0.25, -0.2) is 0 Å². The predicted octanol–water partition coefficient (Wildman–Crippen LogP) is 1.89. The number of guanidine groups is 1. The minimum Gasteiger partial charge on any atom is -0.466 e. The van der Waals surface area contributed by atoms with Crippen molar-refractivity contribution in [3.63, 3.8) is 0 Å². The van der Waals surface area contributed by atoms with Crippen LogP contribution in [0.5, 0.6) is 0 Å². The lowest BCUT2D eigenvalue weighted by Crippen LogP contribution is -2.50. The van der Waals surface area contributed by atoms with Crippen LogP contribution in [0.4, 0.5) is 0 Å². The lowest BCUT2D eigenvalue weighted by Gasteiger charge is -2.35. The number of aliphatic imine (C=N–C) groups is 1. The van der Waals surface area contributed by atoms with E-state index in [9.17, 15) is 5.11 Å². The minimum absolute atomic E-state index is 0.369. The van der Waals surface area contributed by atoms with Crippen molar-refractivity contribution < 1.29 is 9.52 Å². The molecule has 1 aliphatic rings. The molecule has 0 saturated carbocycles. The molecular formula is C15H25N3O2S. The van der Waals surface area contributed by atoms with Crippen LogP contribution in [-0.2, 0) is 5.60 Å². The average Bonchev–Trinajstić information content (AvgIpc) is 3.03. The summed E-state index contributed by atoms with van der Waals surface area (Å²) in [6.45, 7) is 6.33. The zero-order valence-electron chi connectivity index (χ0n) is 13.0. The van der Waals surface area contributed by atoms with Gasteiger partial charge in [-0.15, -0.1) is 0 Å². The summed E-state index contributed by atoms with van der Waals surface area (Å²) in [6, 6.07) is 3.57. The van der Waals surface area contributed by atoms with Gasteiger partial charge in [0, 0.05) is 31.1 Å². The van der Waals surface area contributed by atoms with Gasteiger partial charge in [-0.05, 0) is 25.5 Å². The molecule has 0 radical (unpaired) electrons. The first-order valence-electron chi connectivity index (χ1n) is 7.40. The standard InChI is InChI=1S/C15H25N3O2S/c1-4-12-10-18(7-9-21-12)14(16-3)17-11-15(2,19)13-6-5-8-20-13/h5-6,8,12,19H,4,7,9-11H2,1-3H3,(H,16,17). The van der Waals surface area contributed by atoms with Crippen LogP contribution in [0.2, 0.25) is 0 Å². The maximum absolute atomic E-state index is 10.5. The van der Waals surface area contributed by atoms with Gasteiger partial charge in [0.2, 0.25) is 0 Å². The zero-order chi connectivity index (χ0) is 15.3. The number of hydrogen-bond donors (Lipinski definition) is 2. The van der Waals surface area contributed by atoms with Crippen LogP contribution in [0.25, 0.3) is 0 Å². The smallest absolute Gasteiger partial charge is 0.193 e. The highest BCUT2D eigenvalue weighted by Crippen LogP contribution is 2.22. The van der Waals surface area contributed by atoms with Gasteiger partial charge in [0.1, 0.15) is 11.4 Å². The summed E-state index contributed by atoms with van der Waals surface area (Å²) in [6.07, 6.45) is 2.74. The molecule has 0 aliphatic carbocycles. The molecule has 1 aromatic heterocycles. The van der Waals surface area contributed by atoms with Crippen molar-refractivity contribution in [2.45, 2.75) is 31.1 Å². The molecule has 21 heavy (non-hydrogen) atoms. The molecule has 0 amide bonds. The second-order valence-corrected chi connectivity index (χ2v) is 6.91. The molecule has 118 valence electrons. The van der Waals surface area contributed by atoms with E-state index in [-0.39, 0.29) is 0 Å². The fourth-order valence-electron chi connectivity index (χ4n) is 2.41. The Kier molecular flexibility index (Phi) is 5.58. The number of hydrogen-bond acceptors (Lipinski definition) is 4. The lowest BCUT2D eigenvalue weighted by atomic mass is 10.0. The monoisotopic (exact) mass is 311 g/mol. The Hall–Kier alpha value is -1.14. The molecule has 2 atom stereocenters. The average molecular weight is 311 g/mol. The number of aliphatic hydroxyl groups is 1. The molecule has 0 spiro atoms. The van der Waals surface area contributed by atoms with E-state index in [4.69, 9.17) is 4.42 Å². The van der Waals surface area contributed by atoms with Gasteiger partial charge in [0.05, 0.1) is 12.8 Å². The van der Waals surface area contributed by atoms with E-state index < -0.39 is 5.60 Å². The number of thioether (sulfide) groups is 1. The van der Waals surface area contributed by atoms with Crippen LogP contribution in [0.15, 0.2) is 27.8 Å². The summed E-state index contributed by atoms with van der Waals surface area (Å²) in [5.74, 6) is 2.53. The maximum atomic E-state index is 10.5. The molecule has 1 saturated heterocycles. The molecule has 2 rings (SSSR count). The topological polar surface area (TPSA) is 61.0 Å². The van der Waals surface area contributed by atoms with Gasteiger partial charge < -0.3 is 19.7 Å². The molecule has 6 heteroatoms. The van der Waals surface area contributed by atoms with Crippen molar-refractivity contribution in [1.29, 1.82) is 0 Å². The summed E-state index contributed by atoms with van der Waals surface area (Å²) in [5, 5.41) is 14.4. The highest BCUT2D eigenvalue weighted by Gasteiger charge is 2.28. The highest BCUT2D eigenvalue weighted by molar-refractivity contribution is 8.00. The Morgan fingerprint density at radius 2 is 2.48 bits per heavy atom. The Labute approximate surface area is 130 Å². The van der Waals surface area contributed by atoms with Crippen LogP contribution in [0, 0.1) is 0 Å². The van der Waals surface area contributed by atoms with Gasteiger partial charge in [-0.3, -0.25) is 4.99 Å². The van der Waals surface area contributed by atoms with Crippen LogP contribution in [0.3, 0.4) is 0 Å². The normalized spacial score (nSPS) is 23.0. The van der Waals surface area contributed by atoms with Gasteiger partial charge >= 0.3 is 0 Å². The van der Waals surface area contributed by atoms with E-state index in [1.165, 1.54) is 6.42 Å². The molecule has 2 heterocycles. The van der Waals surface area contributed by atoms with E-state index in [2.05, 4.69) is 22.1 Å². The Morgan fingerprint density at radius 3 is 3.10 bits per heavy atom. The van der Waals surface area contributed by atoms with Gasteiger partial charge in [-0.1, -0.05) is 6.92 Å². The predicted molar refractivity (Wildman–Crippen MR) is 87.8 cm³/mol. The number of nitrogens with zero attached hydrogens (tertiary/aromatic N) is 2. The molecule has 2 unspecified atom stereocenters. The van der Waals surface area contributed by atoms with E-state index >= 15 is 0 Å². The number of nitrogens with one attached hydrogen (secondary N) is 1. The second-order valence-electron chi connectivity index (χ2n) is 5.50. The van der Waals surface area contributed by atoms with Gasteiger partial charge in [-0.2, -0.15) is 11.8 Å². The van der Waals surface area contributed by atoms with Crippen molar-refractivity contribution in [3.8, 4) is 0 Å². The van der Waals surface area contributed by atoms with Crippen molar-refractivity contribution in [2.75, 3.05) is 32.4 Å². The van der Waals surface area contributed by atoms with Gasteiger partial charge in [0.15, 0.2) is 5.96 Å². The quantitative estimate of drug-likeness (QED) is 0.657. The number of rotatable bonds is 4. The third kappa shape index (κ3) is 4.17. The highest BCUT2D eigenvalue weighted by atomic mass is 32.2. The van der Waals surface area contributed by atoms with Crippen molar-refractivity contribution in [1.82, 2.24) is 10.2 Å². The molecule has 2 N–H and O–H groups in total. The van der Waals surface area contributed by atoms with Crippen LogP contribution in [0.1, 0.15) is 26.0 Å². The van der Waals surface area contributed by atoms with E-state index in [0.717, 1.165) is 24.8 Å². The van der Waals surface area contributed by atoms with Crippen LogP contribution >= 0.6 is 11.8 Å². The third-order valence-electron chi connectivity index (χ3n) is 3.75. The molecule has 1 aliphatic heterocycles.